The van der Waals surface area contributed by atoms with Crippen molar-refractivity contribution in [3.8, 4) is 22.8 Å². The first-order chi connectivity index (χ1) is 10.0. The molecule has 2 bridgehead atoms. The molecule has 2 heterocycles. The standard InChI is InChI=1S/C16H16O5/c1-9-2-3-12-4-5-14(21-12)16-10(7-15(19)20-9)6-11(17)8-13(16)18/h4-6,8-9,17-18H,2-3,7H2,1H3/i7+1,15+1. The molecule has 0 saturated carbocycles. The number of aromatic hydroxyl groups is 2. The Kier molecular flexibility index (Phi) is 3.33. The third-order valence-electron chi connectivity index (χ3n) is 3.56. The lowest BCUT2D eigenvalue weighted by atomic mass is 10.1. The van der Waals surface area contributed by atoms with E-state index in [1.807, 2.05) is 13.0 Å². The van der Waals surface area contributed by atoms with Crippen molar-refractivity contribution in [1.29, 1.82) is 0 Å². The first-order valence-corrected chi connectivity index (χ1v) is 6.86. The molecule has 1 aliphatic heterocycles. The average Bonchev–Trinajstić information content (AvgIpc) is 2.82. The van der Waals surface area contributed by atoms with E-state index in [1.165, 1.54) is 12.1 Å². The Morgan fingerprint density at radius 3 is 2.86 bits per heavy atom. The van der Waals surface area contributed by atoms with E-state index in [9.17, 15) is 15.0 Å². The maximum absolute atomic E-state index is 12.0. The second-order valence-electron chi connectivity index (χ2n) is 5.28. The van der Waals surface area contributed by atoms with Crippen molar-refractivity contribution in [1.82, 2.24) is 0 Å². The second-order valence-corrected chi connectivity index (χ2v) is 5.28. The number of cyclic esters (lactones) is 1. The highest BCUT2D eigenvalue weighted by Crippen LogP contribution is 2.38. The minimum atomic E-state index is -0.388. The van der Waals surface area contributed by atoms with Crippen LogP contribution in [0.2, 0.25) is 0 Å². The predicted molar refractivity (Wildman–Crippen MR) is 75.1 cm³/mol. The second kappa shape index (κ2) is 5.16. The summed E-state index contributed by atoms with van der Waals surface area (Å²) in [7, 11) is 0. The Labute approximate surface area is 121 Å². The number of phenols is 2. The maximum Gasteiger partial charge on any atom is 0.310 e. The minimum Gasteiger partial charge on any atom is -0.508 e. The number of aryl methyl sites for hydroxylation is 1. The highest BCUT2D eigenvalue weighted by atomic mass is 16.6. The molecule has 5 nitrogen and oxygen atoms in total. The molecule has 110 valence electrons. The van der Waals surface area contributed by atoms with E-state index in [-0.39, 0.29) is 30.0 Å². The molecule has 3 rings (SSSR count). The summed E-state index contributed by atoms with van der Waals surface area (Å²) in [6.07, 6.45) is 1.09. The van der Waals surface area contributed by atoms with E-state index < -0.39 is 0 Å². The number of hydrogen-bond donors (Lipinski definition) is 2. The van der Waals surface area contributed by atoms with Crippen LogP contribution in [0.25, 0.3) is 11.3 Å². The van der Waals surface area contributed by atoms with Gasteiger partial charge in [-0.05, 0) is 37.1 Å². The zero-order valence-corrected chi connectivity index (χ0v) is 11.6. The Bertz CT molecular complexity index is 686. The van der Waals surface area contributed by atoms with Crippen LogP contribution in [0.15, 0.2) is 28.7 Å². The van der Waals surface area contributed by atoms with Gasteiger partial charge in [-0.25, -0.2) is 0 Å². The Balaban J connectivity index is 2.14. The molecular weight excluding hydrogens is 274 g/mol. The number of carbonyl (C=O) groups is 1. The molecule has 0 radical (unpaired) electrons. The highest BCUT2D eigenvalue weighted by Gasteiger charge is 2.21. The largest absolute Gasteiger partial charge is 0.508 e. The quantitative estimate of drug-likeness (QED) is 0.576. The van der Waals surface area contributed by atoms with Crippen LogP contribution < -0.4 is 0 Å². The number of esters is 1. The highest BCUT2D eigenvalue weighted by molar-refractivity contribution is 5.80. The van der Waals surface area contributed by atoms with Crippen molar-refractivity contribution >= 4 is 5.97 Å². The van der Waals surface area contributed by atoms with Crippen LogP contribution in [0.1, 0.15) is 24.7 Å². The Morgan fingerprint density at radius 1 is 1.24 bits per heavy atom. The van der Waals surface area contributed by atoms with Gasteiger partial charge < -0.3 is 19.4 Å². The normalized spacial score (nSPS) is 18.5. The number of benzene rings is 1. The lowest BCUT2D eigenvalue weighted by Gasteiger charge is -2.13. The van der Waals surface area contributed by atoms with Gasteiger partial charge in [-0.15, -0.1) is 0 Å². The maximum atomic E-state index is 12.0. The number of ether oxygens (including phenoxy) is 1. The van der Waals surface area contributed by atoms with Crippen molar-refractivity contribution in [2.24, 2.45) is 0 Å². The number of fused-ring (bicyclic) bond motifs is 4. The van der Waals surface area contributed by atoms with Gasteiger partial charge in [0.2, 0.25) is 0 Å². The van der Waals surface area contributed by atoms with E-state index in [4.69, 9.17) is 9.15 Å². The summed E-state index contributed by atoms with van der Waals surface area (Å²) in [5.74, 6) is 0.647. The van der Waals surface area contributed by atoms with Crippen LogP contribution in [0.3, 0.4) is 0 Å². The van der Waals surface area contributed by atoms with Crippen molar-refractivity contribution in [3.63, 3.8) is 0 Å². The molecule has 2 N–H and O–H groups in total. The molecule has 0 spiro atoms. The van der Waals surface area contributed by atoms with Crippen LogP contribution in [0, 0.1) is 0 Å². The molecule has 0 fully saturated rings. The van der Waals surface area contributed by atoms with Gasteiger partial charge in [0.1, 0.15) is 23.0 Å². The fourth-order valence-electron chi connectivity index (χ4n) is 2.57. The fraction of sp³-hybridized carbons (Fsp3) is 0.312. The number of carbonyl (C=O) groups excluding carboxylic acids is 1. The fourth-order valence-corrected chi connectivity index (χ4v) is 2.57. The molecule has 1 aromatic carbocycles. The van der Waals surface area contributed by atoms with Crippen LogP contribution in [-0.4, -0.2) is 22.3 Å². The van der Waals surface area contributed by atoms with E-state index in [1.54, 1.807) is 6.07 Å². The summed E-state index contributed by atoms with van der Waals surface area (Å²) >= 11 is 0. The number of phenolic OH excluding ortho intramolecular Hbond substituents is 2. The summed E-state index contributed by atoms with van der Waals surface area (Å²) in [5, 5.41) is 19.7. The molecule has 0 amide bonds. The first-order valence-electron chi connectivity index (χ1n) is 6.86. The van der Waals surface area contributed by atoms with Gasteiger partial charge in [-0.3, -0.25) is 4.79 Å². The molecule has 21 heavy (non-hydrogen) atoms. The van der Waals surface area contributed by atoms with Gasteiger partial charge >= 0.3 is 5.97 Å². The van der Waals surface area contributed by atoms with Crippen LogP contribution in [0.5, 0.6) is 11.5 Å². The third kappa shape index (κ3) is 2.72. The molecule has 0 saturated heterocycles. The molecule has 1 unspecified atom stereocenters. The van der Waals surface area contributed by atoms with Gasteiger partial charge in [-0.1, -0.05) is 0 Å². The molecule has 0 aliphatic carbocycles. The van der Waals surface area contributed by atoms with Gasteiger partial charge in [0.05, 0.1) is 18.1 Å². The lowest BCUT2D eigenvalue weighted by Crippen LogP contribution is -2.17. The van der Waals surface area contributed by atoms with E-state index in [2.05, 4.69) is 0 Å². The van der Waals surface area contributed by atoms with Crippen LogP contribution >= 0.6 is 0 Å². The van der Waals surface area contributed by atoms with Crippen molar-refractivity contribution in [3.05, 3.63) is 35.6 Å². The molecular formula is C16H16O5. The van der Waals surface area contributed by atoms with Gasteiger partial charge in [-0.2, -0.15) is 0 Å². The molecule has 1 atom stereocenters. The first kappa shape index (κ1) is 13.5. The van der Waals surface area contributed by atoms with Crippen LogP contribution in [-0.2, 0) is 22.4 Å². The zero-order valence-electron chi connectivity index (χ0n) is 11.6. The molecule has 1 aliphatic rings. The lowest BCUT2D eigenvalue weighted by molar-refractivity contribution is -0.147. The van der Waals surface area contributed by atoms with Gasteiger partial charge in [0.25, 0.3) is 0 Å². The van der Waals surface area contributed by atoms with Crippen molar-refractivity contribution in [2.45, 2.75) is 32.3 Å². The van der Waals surface area contributed by atoms with E-state index in [0.29, 0.717) is 29.7 Å². The average molecular weight is 290 g/mol. The summed E-state index contributed by atoms with van der Waals surface area (Å²) in [6.45, 7) is 1.83. The van der Waals surface area contributed by atoms with E-state index >= 15 is 0 Å². The monoisotopic (exact) mass is 290 g/mol. The Morgan fingerprint density at radius 2 is 2.05 bits per heavy atom. The summed E-state index contributed by atoms with van der Waals surface area (Å²) in [5.41, 5.74) is 0.901. The summed E-state index contributed by atoms with van der Waals surface area (Å²) in [6, 6.07) is 6.29. The summed E-state index contributed by atoms with van der Waals surface area (Å²) < 4.78 is 11.1. The topological polar surface area (TPSA) is 79.9 Å². The smallest absolute Gasteiger partial charge is 0.310 e. The SMILES string of the molecule is CC1CCc2ccc(o2)-c2c(O)cc(O)cc2[13CH2][13C](=O)O1. The molecule has 2 aromatic rings. The van der Waals surface area contributed by atoms with Gasteiger partial charge in [0, 0.05) is 12.5 Å². The number of rotatable bonds is 0. The molecule has 1 aromatic heterocycles. The Hall–Kier alpha value is -2.43. The van der Waals surface area contributed by atoms with Crippen molar-refractivity contribution < 1.29 is 24.2 Å². The number of furan rings is 1. The third-order valence-corrected chi connectivity index (χ3v) is 3.56. The van der Waals surface area contributed by atoms with Crippen LogP contribution in [0.4, 0.5) is 0 Å². The van der Waals surface area contributed by atoms with E-state index in [0.717, 1.165) is 5.76 Å². The minimum absolute atomic E-state index is 0.0301. The molecule has 5 heteroatoms. The predicted octanol–water partition coefficient (Wildman–Crippen LogP) is 2.78. The number of hydrogen-bond acceptors (Lipinski definition) is 5. The summed E-state index contributed by atoms with van der Waals surface area (Å²) in [4.78, 5) is 12.0. The van der Waals surface area contributed by atoms with Crippen molar-refractivity contribution in [2.75, 3.05) is 0 Å². The zero-order chi connectivity index (χ0) is 15.0. The van der Waals surface area contributed by atoms with Gasteiger partial charge in [0.15, 0.2) is 0 Å².